The van der Waals surface area contributed by atoms with Crippen LogP contribution in [0.3, 0.4) is 0 Å². The van der Waals surface area contributed by atoms with Crippen LogP contribution in [0.1, 0.15) is 52.1 Å². The minimum absolute atomic E-state index is 0.414. The molecular weight excluding hydrogens is 244 g/mol. The number of nitrogens with one attached hydrogen (secondary N) is 1. The number of nitrogens with zero attached hydrogens (tertiary/aromatic N) is 1. The van der Waals surface area contributed by atoms with Gasteiger partial charge in [-0.2, -0.15) is 0 Å². The molecule has 0 radical (unpaired) electrons. The molecule has 0 amide bonds. The Labute approximate surface area is 124 Å². The first-order valence-electron chi connectivity index (χ1n) is 7.98. The summed E-state index contributed by atoms with van der Waals surface area (Å²) in [4.78, 5) is 2.59. The van der Waals surface area contributed by atoms with Gasteiger partial charge in [-0.05, 0) is 42.9 Å². The van der Waals surface area contributed by atoms with E-state index in [2.05, 4.69) is 69.2 Å². The minimum Gasteiger partial charge on any atom is -0.371 e. The second-order valence-electron chi connectivity index (χ2n) is 7.11. The molecule has 112 valence electrons. The zero-order chi connectivity index (χ0) is 14.8. The van der Waals surface area contributed by atoms with Crippen LogP contribution in [-0.4, -0.2) is 20.1 Å². The first-order chi connectivity index (χ1) is 9.47. The van der Waals surface area contributed by atoms with Crippen molar-refractivity contribution in [2.45, 2.75) is 46.6 Å². The van der Waals surface area contributed by atoms with Crippen LogP contribution in [-0.2, 0) is 0 Å². The molecular formula is C18H30N2. The summed E-state index contributed by atoms with van der Waals surface area (Å²) in [6.07, 6.45) is 2.44. The smallest absolute Gasteiger partial charge is 0.0414 e. The molecule has 1 aliphatic rings. The Morgan fingerprint density at radius 3 is 2.55 bits per heavy atom. The lowest BCUT2D eigenvalue weighted by atomic mass is 9.80. The van der Waals surface area contributed by atoms with E-state index in [1.54, 1.807) is 0 Å². The zero-order valence-electron chi connectivity index (χ0n) is 13.7. The van der Waals surface area contributed by atoms with Crippen molar-refractivity contribution >= 4 is 5.69 Å². The summed E-state index contributed by atoms with van der Waals surface area (Å²) in [6.45, 7) is 11.8. The molecule has 20 heavy (non-hydrogen) atoms. The van der Waals surface area contributed by atoms with Crippen LogP contribution in [0.2, 0.25) is 0 Å². The Morgan fingerprint density at radius 1 is 1.30 bits per heavy atom. The highest BCUT2D eigenvalue weighted by Gasteiger charge is 2.32. The standard InChI is InChI=1S/C18H30N2/c1-6-16(19-5)15-9-7-8-10-17(15)20-12-11-14(13-20)18(2,3)4/h7-10,14,16,19H,6,11-13H2,1-5H3. The number of para-hydroxylation sites is 1. The van der Waals surface area contributed by atoms with Crippen molar-refractivity contribution in [1.29, 1.82) is 0 Å². The summed E-state index contributed by atoms with van der Waals surface area (Å²) in [5, 5.41) is 3.45. The lowest BCUT2D eigenvalue weighted by Gasteiger charge is -2.29. The first kappa shape index (κ1) is 15.4. The van der Waals surface area contributed by atoms with E-state index in [0.717, 1.165) is 12.3 Å². The van der Waals surface area contributed by atoms with Crippen molar-refractivity contribution in [2.24, 2.45) is 11.3 Å². The van der Waals surface area contributed by atoms with Gasteiger partial charge in [0.05, 0.1) is 0 Å². The highest BCUT2D eigenvalue weighted by Crippen LogP contribution is 2.37. The highest BCUT2D eigenvalue weighted by atomic mass is 15.2. The third kappa shape index (κ3) is 3.17. The average molecular weight is 274 g/mol. The second-order valence-corrected chi connectivity index (χ2v) is 7.11. The van der Waals surface area contributed by atoms with Gasteiger partial charge in [0.15, 0.2) is 0 Å². The molecule has 1 aromatic rings. The predicted octanol–water partition coefficient (Wildman–Crippen LogP) is 4.23. The summed E-state index contributed by atoms with van der Waals surface area (Å²) in [6, 6.07) is 9.37. The number of rotatable bonds is 4. The van der Waals surface area contributed by atoms with E-state index in [-0.39, 0.29) is 0 Å². The quantitative estimate of drug-likeness (QED) is 0.884. The Bertz CT molecular complexity index is 429. The van der Waals surface area contributed by atoms with Crippen molar-refractivity contribution < 1.29 is 0 Å². The Balaban J connectivity index is 2.22. The van der Waals surface area contributed by atoms with E-state index in [4.69, 9.17) is 0 Å². The van der Waals surface area contributed by atoms with Crippen LogP contribution in [0.15, 0.2) is 24.3 Å². The van der Waals surface area contributed by atoms with Gasteiger partial charge in [0.1, 0.15) is 0 Å². The van der Waals surface area contributed by atoms with Gasteiger partial charge in [-0.15, -0.1) is 0 Å². The Hall–Kier alpha value is -1.02. The molecule has 1 fully saturated rings. The SMILES string of the molecule is CCC(NC)c1ccccc1N1CCC(C(C)(C)C)C1. The normalized spacial score (nSPS) is 21.2. The van der Waals surface area contributed by atoms with Crippen molar-refractivity contribution in [1.82, 2.24) is 5.32 Å². The van der Waals surface area contributed by atoms with Gasteiger partial charge in [0.25, 0.3) is 0 Å². The lowest BCUT2D eigenvalue weighted by Crippen LogP contribution is -2.27. The van der Waals surface area contributed by atoms with Crippen LogP contribution in [0.4, 0.5) is 5.69 Å². The van der Waals surface area contributed by atoms with Crippen LogP contribution in [0.25, 0.3) is 0 Å². The molecule has 2 unspecified atom stereocenters. The van der Waals surface area contributed by atoms with Crippen molar-refractivity contribution in [2.75, 3.05) is 25.0 Å². The largest absolute Gasteiger partial charge is 0.371 e. The van der Waals surface area contributed by atoms with Gasteiger partial charge in [-0.1, -0.05) is 45.9 Å². The number of benzene rings is 1. The molecule has 0 aromatic heterocycles. The molecule has 2 atom stereocenters. The molecule has 1 saturated heterocycles. The van der Waals surface area contributed by atoms with Crippen molar-refractivity contribution in [3.8, 4) is 0 Å². The molecule has 0 aliphatic carbocycles. The van der Waals surface area contributed by atoms with E-state index in [1.807, 2.05) is 0 Å². The average Bonchev–Trinajstić information content (AvgIpc) is 2.90. The fraction of sp³-hybridized carbons (Fsp3) is 0.667. The Morgan fingerprint density at radius 2 is 2.00 bits per heavy atom. The third-order valence-electron chi connectivity index (χ3n) is 4.82. The highest BCUT2D eigenvalue weighted by molar-refractivity contribution is 5.55. The Kier molecular flexibility index (Phi) is 4.74. The molecule has 1 N–H and O–H groups in total. The summed E-state index contributed by atoms with van der Waals surface area (Å²) in [5.41, 5.74) is 3.30. The van der Waals surface area contributed by atoms with E-state index in [0.29, 0.717) is 11.5 Å². The van der Waals surface area contributed by atoms with Gasteiger partial charge in [0, 0.05) is 24.8 Å². The summed E-state index contributed by atoms with van der Waals surface area (Å²) in [5.74, 6) is 0.796. The molecule has 1 heterocycles. The van der Waals surface area contributed by atoms with Crippen molar-refractivity contribution in [3.63, 3.8) is 0 Å². The zero-order valence-corrected chi connectivity index (χ0v) is 13.7. The molecule has 2 rings (SSSR count). The second kappa shape index (κ2) is 6.17. The minimum atomic E-state index is 0.414. The van der Waals surface area contributed by atoms with Crippen LogP contribution < -0.4 is 10.2 Å². The predicted molar refractivity (Wildman–Crippen MR) is 88.3 cm³/mol. The lowest BCUT2D eigenvalue weighted by molar-refractivity contribution is 0.263. The maximum atomic E-state index is 3.45. The monoisotopic (exact) mass is 274 g/mol. The molecule has 0 bridgehead atoms. The maximum absolute atomic E-state index is 3.45. The van der Waals surface area contributed by atoms with Gasteiger partial charge in [-0.3, -0.25) is 0 Å². The van der Waals surface area contributed by atoms with Gasteiger partial charge in [-0.25, -0.2) is 0 Å². The number of hydrogen-bond donors (Lipinski definition) is 1. The fourth-order valence-corrected chi connectivity index (χ4v) is 3.34. The van der Waals surface area contributed by atoms with E-state index < -0.39 is 0 Å². The first-order valence-corrected chi connectivity index (χ1v) is 7.98. The van der Waals surface area contributed by atoms with Gasteiger partial charge < -0.3 is 10.2 Å². The number of anilines is 1. The molecule has 0 spiro atoms. The van der Waals surface area contributed by atoms with Crippen LogP contribution in [0, 0.1) is 11.3 Å². The molecule has 0 saturated carbocycles. The van der Waals surface area contributed by atoms with Crippen LogP contribution in [0.5, 0.6) is 0 Å². The van der Waals surface area contributed by atoms with Crippen molar-refractivity contribution in [3.05, 3.63) is 29.8 Å². The molecule has 2 heteroatoms. The third-order valence-corrected chi connectivity index (χ3v) is 4.82. The molecule has 1 aromatic carbocycles. The van der Waals surface area contributed by atoms with Gasteiger partial charge in [0.2, 0.25) is 0 Å². The van der Waals surface area contributed by atoms with E-state index >= 15 is 0 Å². The van der Waals surface area contributed by atoms with E-state index in [1.165, 1.54) is 30.8 Å². The topological polar surface area (TPSA) is 15.3 Å². The molecule has 2 nitrogen and oxygen atoms in total. The summed E-state index contributed by atoms with van der Waals surface area (Å²) >= 11 is 0. The van der Waals surface area contributed by atoms with Crippen LogP contribution >= 0.6 is 0 Å². The summed E-state index contributed by atoms with van der Waals surface area (Å²) < 4.78 is 0. The van der Waals surface area contributed by atoms with Gasteiger partial charge >= 0.3 is 0 Å². The molecule has 1 aliphatic heterocycles. The van der Waals surface area contributed by atoms with E-state index in [9.17, 15) is 0 Å². The summed E-state index contributed by atoms with van der Waals surface area (Å²) in [7, 11) is 2.06. The fourth-order valence-electron chi connectivity index (χ4n) is 3.34. The number of hydrogen-bond acceptors (Lipinski definition) is 2. The maximum Gasteiger partial charge on any atom is 0.0414 e.